The molecular weight excluding hydrogens is 290 g/mol. The molecule has 6 heteroatoms. The van der Waals surface area contributed by atoms with Gasteiger partial charge in [0.05, 0.1) is 6.04 Å². The van der Waals surface area contributed by atoms with Gasteiger partial charge in [0.1, 0.15) is 5.92 Å². The quantitative estimate of drug-likeness (QED) is 0.380. The highest BCUT2D eigenvalue weighted by atomic mass is 35.5. The molecule has 3 N–H and O–H groups in total. The number of carbonyl (C=O) groups is 1. The number of amidine groups is 1. The van der Waals surface area contributed by atoms with Crippen molar-refractivity contribution in [1.29, 1.82) is 0 Å². The summed E-state index contributed by atoms with van der Waals surface area (Å²) < 4.78 is 0. The molecule has 0 radical (unpaired) electrons. The number of rotatable bonds is 5. The van der Waals surface area contributed by atoms with E-state index in [1.54, 1.807) is 18.0 Å². The zero-order valence-corrected chi connectivity index (χ0v) is 13.5. The molecule has 2 atom stereocenters. The van der Waals surface area contributed by atoms with Gasteiger partial charge in [-0.2, -0.15) is 0 Å². The molecular formula is C15H22ClN3O2. The van der Waals surface area contributed by atoms with Crippen molar-refractivity contribution >= 4 is 23.3 Å². The van der Waals surface area contributed by atoms with Crippen molar-refractivity contribution in [2.45, 2.75) is 26.8 Å². The van der Waals surface area contributed by atoms with Crippen LogP contribution in [0.2, 0.25) is 5.02 Å². The first-order valence-corrected chi connectivity index (χ1v) is 7.17. The molecule has 1 aromatic rings. The fourth-order valence-electron chi connectivity index (χ4n) is 2.22. The second kappa shape index (κ2) is 7.31. The van der Waals surface area contributed by atoms with Crippen molar-refractivity contribution in [2.24, 2.45) is 22.7 Å². The molecule has 0 saturated heterocycles. The highest BCUT2D eigenvalue weighted by Crippen LogP contribution is 2.25. The van der Waals surface area contributed by atoms with Crippen LogP contribution in [0.15, 0.2) is 29.4 Å². The lowest BCUT2D eigenvalue weighted by Gasteiger charge is -2.30. The highest BCUT2D eigenvalue weighted by Gasteiger charge is 2.31. The topological polar surface area (TPSA) is 78.9 Å². The standard InChI is InChI=1S/C15H22ClN3O2/c1-9(2)13(14(17)18-21)15(20)19(4)10(3)11-6-5-7-12(16)8-11/h5-10,13,21H,1-4H3,(H2,17,18). The molecule has 0 aromatic heterocycles. The Morgan fingerprint density at radius 2 is 2.00 bits per heavy atom. The minimum Gasteiger partial charge on any atom is -0.409 e. The third-order valence-electron chi connectivity index (χ3n) is 3.63. The predicted octanol–water partition coefficient (Wildman–Crippen LogP) is 2.88. The maximum absolute atomic E-state index is 12.6. The summed E-state index contributed by atoms with van der Waals surface area (Å²) in [6.07, 6.45) is 0. The van der Waals surface area contributed by atoms with E-state index >= 15 is 0 Å². The van der Waals surface area contributed by atoms with Crippen molar-refractivity contribution in [1.82, 2.24) is 4.90 Å². The van der Waals surface area contributed by atoms with E-state index in [9.17, 15) is 4.79 Å². The summed E-state index contributed by atoms with van der Waals surface area (Å²) in [5.74, 6) is -0.975. The highest BCUT2D eigenvalue weighted by molar-refractivity contribution is 6.30. The molecule has 1 aromatic carbocycles. The van der Waals surface area contributed by atoms with E-state index in [0.29, 0.717) is 5.02 Å². The molecule has 0 aliphatic heterocycles. The summed E-state index contributed by atoms with van der Waals surface area (Å²) >= 11 is 5.98. The smallest absolute Gasteiger partial charge is 0.233 e. The average molecular weight is 312 g/mol. The minimum absolute atomic E-state index is 0.0672. The van der Waals surface area contributed by atoms with Crippen LogP contribution in [-0.2, 0) is 4.79 Å². The SMILES string of the molecule is CC(C)C(C(=O)N(C)C(C)c1cccc(Cl)c1)C(N)=NO. The lowest BCUT2D eigenvalue weighted by molar-refractivity contribution is -0.135. The Balaban J connectivity index is 3.00. The number of nitrogens with two attached hydrogens (primary N) is 1. The first-order valence-electron chi connectivity index (χ1n) is 6.79. The predicted molar refractivity (Wildman–Crippen MR) is 84.4 cm³/mol. The van der Waals surface area contributed by atoms with Crippen LogP contribution in [-0.4, -0.2) is 28.9 Å². The van der Waals surface area contributed by atoms with Crippen LogP contribution in [0, 0.1) is 11.8 Å². The van der Waals surface area contributed by atoms with E-state index in [1.807, 2.05) is 39.0 Å². The van der Waals surface area contributed by atoms with Gasteiger partial charge in [0.15, 0.2) is 5.84 Å². The Morgan fingerprint density at radius 3 is 2.48 bits per heavy atom. The Bertz CT molecular complexity index is 531. The third-order valence-corrected chi connectivity index (χ3v) is 3.86. The number of nitrogens with zero attached hydrogens (tertiary/aromatic N) is 2. The first-order chi connectivity index (χ1) is 9.79. The van der Waals surface area contributed by atoms with Crippen LogP contribution in [0.1, 0.15) is 32.4 Å². The van der Waals surface area contributed by atoms with Gasteiger partial charge in [0, 0.05) is 12.1 Å². The average Bonchev–Trinajstić information content (AvgIpc) is 2.45. The van der Waals surface area contributed by atoms with Gasteiger partial charge in [-0.25, -0.2) is 0 Å². The summed E-state index contributed by atoms with van der Waals surface area (Å²) in [7, 11) is 1.70. The van der Waals surface area contributed by atoms with Crippen molar-refractivity contribution < 1.29 is 10.0 Å². The summed E-state index contributed by atoms with van der Waals surface area (Å²) in [4.78, 5) is 14.2. The van der Waals surface area contributed by atoms with E-state index < -0.39 is 5.92 Å². The lowest BCUT2D eigenvalue weighted by Crippen LogP contribution is -2.43. The number of carbonyl (C=O) groups excluding carboxylic acids is 1. The molecule has 0 bridgehead atoms. The van der Waals surface area contributed by atoms with Gasteiger partial charge in [-0.05, 0) is 30.5 Å². The molecule has 2 unspecified atom stereocenters. The van der Waals surface area contributed by atoms with Crippen LogP contribution in [0.5, 0.6) is 0 Å². The van der Waals surface area contributed by atoms with Crippen LogP contribution < -0.4 is 5.73 Å². The van der Waals surface area contributed by atoms with Gasteiger partial charge in [0.25, 0.3) is 0 Å². The number of benzene rings is 1. The monoisotopic (exact) mass is 311 g/mol. The van der Waals surface area contributed by atoms with Crippen LogP contribution in [0.3, 0.4) is 0 Å². The lowest BCUT2D eigenvalue weighted by atomic mass is 9.92. The van der Waals surface area contributed by atoms with Gasteiger partial charge in [-0.1, -0.05) is 42.7 Å². The van der Waals surface area contributed by atoms with Crippen molar-refractivity contribution in [2.75, 3.05) is 7.05 Å². The van der Waals surface area contributed by atoms with Crippen LogP contribution in [0.4, 0.5) is 0 Å². The van der Waals surface area contributed by atoms with Gasteiger partial charge in [-0.3, -0.25) is 4.79 Å². The molecule has 0 fully saturated rings. The van der Waals surface area contributed by atoms with Gasteiger partial charge >= 0.3 is 0 Å². The number of oxime groups is 1. The largest absolute Gasteiger partial charge is 0.409 e. The molecule has 1 rings (SSSR count). The summed E-state index contributed by atoms with van der Waals surface area (Å²) in [5, 5.41) is 12.5. The zero-order valence-electron chi connectivity index (χ0n) is 12.7. The molecule has 0 aliphatic carbocycles. The van der Waals surface area contributed by atoms with E-state index in [1.165, 1.54) is 0 Å². The maximum Gasteiger partial charge on any atom is 0.233 e. The van der Waals surface area contributed by atoms with Gasteiger partial charge in [0.2, 0.25) is 5.91 Å². The van der Waals surface area contributed by atoms with Crippen LogP contribution in [0.25, 0.3) is 0 Å². The molecule has 116 valence electrons. The third kappa shape index (κ3) is 4.11. The minimum atomic E-state index is -0.651. The van der Waals surface area contributed by atoms with Gasteiger partial charge in [-0.15, -0.1) is 0 Å². The zero-order chi connectivity index (χ0) is 16.2. The second-order valence-corrected chi connectivity index (χ2v) is 5.86. The Hall–Kier alpha value is -1.75. The van der Waals surface area contributed by atoms with E-state index in [-0.39, 0.29) is 23.7 Å². The molecule has 1 amide bonds. The first kappa shape index (κ1) is 17.3. The molecule has 5 nitrogen and oxygen atoms in total. The fraction of sp³-hybridized carbons (Fsp3) is 0.467. The van der Waals surface area contributed by atoms with Crippen LogP contribution >= 0.6 is 11.6 Å². The molecule has 0 aliphatic rings. The van der Waals surface area contributed by atoms with E-state index in [2.05, 4.69) is 5.16 Å². The number of hydrogen-bond donors (Lipinski definition) is 2. The maximum atomic E-state index is 12.6. The summed E-state index contributed by atoms with van der Waals surface area (Å²) in [5.41, 5.74) is 6.58. The molecule has 0 spiro atoms. The van der Waals surface area contributed by atoms with E-state index in [4.69, 9.17) is 22.5 Å². The second-order valence-electron chi connectivity index (χ2n) is 5.43. The Labute approximate surface area is 130 Å². The summed E-state index contributed by atoms with van der Waals surface area (Å²) in [6, 6.07) is 7.20. The molecule has 0 saturated carbocycles. The number of halogens is 1. The fourth-order valence-corrected chi connectivity index (χ4v) is 2.41. The van der Waals surface area contributed by atoms with Crippen molar-refractivity contribution in [3.63, 3.8) is 0 Å². The normalized spacial score (nSPS) is 14.9. The van der Waals surface area contributed by atoms with Crippen molar-refractivity contribution in [3.05, 3.63) is 34.9 Å². The summed E-state index contributed by atoms with van der Waals surface area (Å²) in [6.45, 7) is 5.63. The Morgan fingerprint density at radius 1 is 1.38 bits per heavy atom. The molecule has 0 heterocycles. The van der Waals surface area contributed by atoms with Gasteiger partial charge < -0.3 is 15.8 Å². The Kier molecular flexibility index (Phi) is 6.03. The van der Waals surface area contributed by atoms with Crippen molar-refractivity contribution in [3.8, 4) is 0 Å². The van der Waals surface area contributed by atoms with E-state index in [0.717, 1.165) is 5.56 Å². The number of hydrogen-bond acceptors (Lipinski definition) is 3. The molecule has 21 heavy (non-hydrogen) atoms. The number of amides is 1.